The van der Waals surface area contributed by atoms with Crippen LogP contribution in [0.1, 0.15) is 29.4 Å². The van der Waals surface area contributed by atoms with Gasteiger partial charge in [-0.05, 0) is 60.3 Å². The molecule has 2 N–H and O–H groups in total. The third-order valence-electron chi connectivity index (χ3n) is 3.41. The lowest BCUT2D eigenvalue weighted by atomic mass is 10.1. The second-order valence-electron chi connectivity index (χ2n) is 5.20. The van der Waals surface area contributed by atoms with Crippen LogP contribution in [0.4, 0.5) is 4.39 Å². The molecule has 2 rings (SSSR count). The van der Waals surface area contributed by atoms with Gasteiger partial charge in [-0.15, -0.1) is 0 Å². The van der Waals surface area contributed by atoms with E-state index in [-0.39, 0.29) is 11.9 Å². The molecule has 0 saturated heterocycles. The minimum Gasteiger partial charge on any atom is -0.328 e. The fourth-order valence-corrected chi connectivity index (χ4v) is 2.73. The molecule has 1 heterocycles. The molecule has 1 unspecified atom stereocenters. The Morgan fingerprint density at radius 1 is 1.40 bits per heavy atom. The van der Waals surface area contributed by atoms with Gasteiger partial charge in [-0.3, -0.25) is 4.68 Å². The van der Waals surface area contributed by atoms with Crippen LogP contribution in [0.3, 0.4) is 0 Å². The Labute approximate surface area is 127 Å². The molecule has 0 radical (unpaired) electrons. The number of aromatic nitrogens is 2. The van der Waals surface area contributed by atoms with Crippen molar-refractivity contribution >= 4 is 15.9 Å². The number of benzene rings is 1. The van der Waals surface area contributed by atoms with Gasteiger partial charge in [-0.2, -0.15) is 5.10 Å². The van der Waals surface area contributed by atoms with E-state index in [9.17, 15) is 4.39 Å². The van der Waals surface area contributed by atoms with E-state index < -0.39 is 0 Å². The van der Waals surface area contributed by atoms with Crippen LogP contribution in [0, 0.1) is 19.7 Å². The second-order valence-corrected chi connectivity index (χ2v) is 5.99. The summed E-state index contributed by atoms with van der Waals surface area (Å²) in [5.41, 5.74) is 10.0. The number of hydrogen-bond donors (Lipinski definition) is 1. The van der Waals surface area contributed by atoms with Crippen molar-refractivity contribution in [2.75, 3.05) is 0 Å². The van der Waals surface area contributed by atoms with E-state index in [4.69, 9.17) is 5.73 Å². The second kappa shape index (κ2) is 6.06. The van der Waals surface area contributed by atoms with Crippen molar-refractivity contribution in [3.05, 3.63) is 51.0 Å². The molecule has 108 valence electrons. The standard InChI is InChI=1S/C15H19BrFN3/c1-9(18)7-13-10(2)19-20(11(13)3)8-12-5-4-6-14(17)15(12)16/h4-6,9H,7-8,18H2,1-3H3. The van der Waals surface area contributed by atoms with Crippen molar-refractivity contribution in [1.29, 1.82) is 0 Å². The quantitative estimate of drug-likeness (QED) is 0.928. The van der Waals surface area contributed by atoms with Gasteiger partial charge < -0.3 is 5.73 Å². The lowest BCUT2D eigenvalue weighted by Gasteiger charge is -2.09. The number of nitrogens with zero attached hydrogens (tertiary/aromatic N) is 2. The molecule has 1 aromatic heterocycles. The summed E-state index contributed by atoms with van der Waals surface area (Å²) in [4.78, 5) is 0. The van der Waals surface area contributed by atoms with Gasteiger partial charge in [0.2, 0.25) is 0 Å². The van der Waals surface area contributed by atoms with Crippen molar-refractivity contribution in [2.24, 2.45) is 5.73 Å². The molecule has 5 heteroatoms. The SMILES string of the molecule is Cc1nn(Cc2cccc(F)c2Br)c(C)c1CC(C)N. The summed E-state index contributed by atoms with van der Waals surface area (Å²) in [5.74, 6) is -0.250. The molecule has 1 atom stereocenters. The van der Waals surface area contributed by atoms with Crippen LogP contribution in [0.25, 0.3) is 0 Å². The topological polar surface area (TPSA) is 43.8 Å². The van der Waals surface area contributed by atoms with Crippen molar-refractivity contribution in [3.8, 4) is 0 Å². The zero-order valence-corrected chi connectivity index (χ0v) is 13.5. The van der Waals surface area contributed by atoms with Crippen LogP contribution in [0.15, 0.2) is 22.7 Å². The number of halogens is 2. The maximum Gasteiger partial charge on any atom is 0.137 e. The summed E-state index contributed by atoms with van der Waals surface area (Å²) in [6, 6.07) is 5.15. The Bertz CT molecular complexity index is 620. The Morgan fingerprint density at radius 2 is 2.10 bits per heavy atom. The molecule has 0 aliphatic rings. The van der Waals surface area contributed by atoms with Crippen LogP contribution in [-0.2, 0) is 13.0 Å². The van der Waals surface area contributed by atoms with Gasteiger partial charge in [-0.1, -0.05) is 12.1 Å². The average molecular weight is 340 g/mol. The highest BCUT2D eigenvalue weighted by Gasteiger charge is 2.14. The Morgan fingerprint density at radius 3 is 2.75 bits per heavy atom. The minimum absolute atomic E-state index is 0.103. The van der Waals surface area contributed by atoms with Crippen LogP contribution in [0.2, 0.25) is 0 Å². The van der Waals surface area contributed by atoms with E-state index in [0.29, 0.717) is 11.0 Å². The number of nitrogens with two attached hydrogens (primary N) is 1. The van der Waals surface area contributed by atoms with Crippen molar-refractivity contribution in [3.63, 3.8) is 0 Å². The molecule has 2 aromatic rings. The molecule has 1 aromatic carbocycles. The van der Waals surface area contributed by atoms with E-state index in [1.54, 1.807) is 6.07 Å². The van der Waals surface area contributed by atoms with Crippen LogP contribution < -0.4 is 5.73 Å². The first-order valence-corrected chi connectivity index (χ1v) is 7.40. The van der Waals surface area contributed by atoms with Crippen molar-refractivity contribution in [2.45, 2.75) is 39.8 Å². The van der Waals surface area contributed by atoms with Crippen LogP contribution in [-0.4, -0.2) is 15.8 Å². The van der Waals surface area contributed by atoms with E-state index in [2.05, 4.69) is 21.0 Å². The molecule has 0 amide bonds. The highest BCUT2D eigenvalue weighted by atomic mass is 79.9. The fourth-order valence-electron chi connectivity index (χ4n) is 2.34. The van der Waals surface area contributed by atoms with E-state index >= 15 is 0 Å². The van der Waals surface area contributed by atoms with E-state index in [1.165, 1.54) is 11.6 Å². The lowest BCUT2D eigenvalue weighted by molar-refractivity contribution is 0.607. The molecule has 0 saturated carbocycles. The summed E-state index contributed by atoms with van der Waals surface area (Å²) in [5, 5.41) is 4.55. The summed E-state index contributed by atoms with van der Waals surface area (Å²) in [6.07, 6.45) is 0.808. The molecule has 0 fully saturated rings. The lowest BCUT2D eigenvalue weighted by Crippen LogP contribution is -2.18. The van der Waals surface area contributed by atoms with Gasteiger partial charge in [0.1, 0.15) is 5.82 Å². The highest BCUT2D eigenvalue weighted by molar-refractivity contribution is 9.10. The molecular weight excluding hydrogens is 321 g/mol. The molecular formula is C15H19BrFN3. The first kappa shape index (κ1) is 15.2. The maximum atomic E-state index is 13.5. The van der Waals surface area contributed by atoms with Crippen molar-refractivity contribution in [1.82, 2.24) is 9.78 Å². The van der Waals surface area contributed by atoms with E-state index in [0.717, 1.165) is 23.4 Å². The Balaban J connectivity index is 2.33. The monoisotopic (exact) mass is 339 g/mol. The predicted octanol–water partition coefficient (Wildman–Crippen LogP) is 3.34. The molecule has 20 heavy (non-hydrogen) atoms. The Kier molecular flexibility index (Phi) is 4.60. The molecule has 0 aliphatic carbocycles. The molecule has 3 nitrogen and oxygen atoms in total. The molecule has 0 bridgehead atoms. The summed E-state index contributed by atoms with van der Waals surface area (Å²) < 4.78 is 16.0. The van der Waals surface area contributed by atoms with E-state index in [1.807, 2.05) is 31.5 Å². The first-order chi connectivity index (χ1) is 9.40. The van der Waals surface area contributed by atoms with Crippen molar-refractivity contribution < 1.29 is 4.39 Å². The largest absolute Gasteiger partial charge is 0.328 e. The minimum atomic E-state index is -0.250. The zero-order valence-electron chi connectivity index (χ0n) is 12.0. The normalized spacial score (nSPS) is 12.7. The third-order valence-corrected chi connectivity index (χ3v) is 4.30. The summed E-state index contributed by atoms with van der Waals surface area (Å²) in [6.45, 7) is 6.55. The highest BCUT2D eigenvalue weighted by Crippen LogP contribution is 2.23. The molecule has 0 aliphatic heterocycles. The smallest absolute Gasteiger partial charge is 0.137 e. The number of rotatable bonds is 4. The zero-order chi connectivity index (χ0) is 14.9. The van der Waals surface area contributed by atoms with Gasteiger partial charge >= 0.3 is 0 Å². The van der Waals surface area contributed by atoms with Crippen LogP contribution >= 0.6 is 15.9 Å². The molecule has 0 spiro atoms. The maximum absolute atomic E-state index is 13.5. The van der Waals surface area contributed by atoms with Gasteiger partial charge in [0.15, 0.2) is 0 Å². The van der Waals surface area contributed by atoms with Gasteiger partial charge in [0.05, 0.1) is 16.7 Å². The summed E-state index contributed by atoms with van der Waals surface area (Å²) >= 11 is 3.29. The van der Waals surface area contributed by atoms with Gasteiger partial charge in [0, 0.05) is 11.7 Å². The number of hydrogen-bond acceptors (Lipinski definition) is 2. The average Bonchev–Trinajstić information content (AvgIpc) is 2.62. The van der Waals surface area contributed by atoms with Gasteiger partial charge in [0.25, 0.3) is 0 Å². The first-order valence-electron chi connectivity index (χ1n) is 6.61. The predicted molar refractivity (Wildman–Crippen MR) is 82.3 cm³/mol. The number of aryl methyl sites for hydroxylation is 1. The Hall–Kier alpha value is -1.20. The third kappa shape index (κ3) is 3.10. The summed E-state index contributed by atoms with van der Waals surface area (Å²) in [7, 11) is 0. The van der Waals surface area contributed by atoms with Gasteiger partial charge in [-0.25, -0.2) is 4.39 Å². The fraction of sp³-hybridized carbons (Fsp3) is 0.400. The van der Waals surface area contributed by atoms with Crippen LogP contribution in [0.5, 0.6) is 0 Å².